The molecule has 27 heavy (non-hydrogen) atoms. The Morgan fingerprint density at radius 1 is 1.00 bits per heavy atom. The molecule has 1 aliphatic rings. The molecule has 3 rings (SSSR count). The number of benzene rings is 2. The van der Waals surface area contributed by atoms with E-state index in [1.165, 1.54) is 11.1 Å². The summed E-state index contributed by atoms with van der Waals surface area (Å²) in [5.74, 6) is 0.250. The third-order valence-electron chi connectivity index (χ3n) is 5.06. The van der Waals surface area contributed by atoms with E-state index in [2.05, 4.69) is 28.9 Å². The third-order valence-corrected chi connectivity index (χ3v) is 5.06. The molecular weight excluding hydrogens is 338 g/mol. The summed E-state index contributed by atoms with van der Waals surface area (Å²) in [6.45, 7) is 5.01. The SMILES string of the molecule is Cc1ccc(CNC(=O)NCc2cccc(NC(=O)C3CCC3)c2)c(C)c1. The van der Waals surface area contributed by atoms with Gasteiger partial charge in [0.25, 0.3) is 0 Å². The smallest absolute Gasteiger partial charge is 0.315 e. The van der Waals surface area contributed by atoms with Gasteiger partial charge in [0.2, 0.25) is 5.91 Å². The summed E-state index contributed by atoms with van der Waals surface area (Å²) in [7, 11) is 0. The molecule has 1 fully saturated rings. The number of urea groups is 1. The predicted molar refractivity (Wildman–Crippen MR) is 107 cm³/mol. The Balaban J connectivity index is 1.46. The van der Waals surface area contributed by atoms with Gasteiger partial charge in [-0.3, -0.25) is 4.79 Å². The van der Waals surface area contributed by atoms with E-state index < -0.39 is 0 Å². The van der Waals surface area contributed by atoms with Crippen molar-refractivity contribution in [3.63, 3.8) is 0 Å². The number of aryl methyl sites for hydroxylation is 2. The average Bonchev–Trinajstić information content (AvgIpc) is 2.58. The maximum atomic E-state index is 12.1. The molecule has 0 heterocycles. The second-order valence-electron chi connectivity index (χ2n) is 7.28. The first kappa shape index (κ1) is 19.0. The van der Waals surface area contributed by atoms with E-state index in [-0.39, 0.29) is 17.9 Å². The van der Waals surface area contributed by atoms with Crippen LogP contribution < -0.4 is 16.0 Å². The third kappa shape index (κ3) is 5.33. The Labute approximate surface area is 160 Å². The van der Waals surface area contributed by atoms with E-state index in [0.29, 0.717) is 13.1 Å². The van der Waals surface area contributed by atoms with E-state index in [1.54, 1.807) is 0 Å². The average molecular weight is 365 g/mol. The van der Waals surface area contributed by atoms with Gasteiger partial charge in [-0.15, -0.1) is 0 Å². The zero-order valence-electron chi connectivity index (χ0n) is 16.0. The molecule has 1 saturated carbocycles. The number of hydrogen-bond acceptors (Lipinski definition) is 2. The molecule has 5 heteroatoms. The number of nitrogens with one attached hydrogen (secondary N) is 3. The Bertz CT molecular complexity index is 828. The van der Waals surface area contributed by atoms with E-state index in [1.807, 2.05) is 43.3 Å². The first-order valence-electron chi connectivity index (χ1n) is 9.49. The fourth-order valence-electron chi connectivity index (χ4n) is 3.14. The standard InChI is InChI=1S/C22H27N3O2/c1-15-9-10-19(16(2)11-15)14-24-22(27)23-13-17-5-3-8-20(12-17)25-21(26)18-6-4-7-18/h3,5,8-12,18H,4,6-7,13-14H2,1-2H3,(H,25,26)(H2,23,24,27). The molecule has 2 aromatic carbocycles. The highest BCUT2D eigenvalue weighted by atomic mass is 16.2. The lowest BCUT2D eigenvalue weighted by atomic mass is 9.85. The highest BCUT2D eigenvalue weighted by Crippen LogP contribution is 2.27. The summed E-state index contributed by atoms with van der Waals surface area (Å²) in [5, 5.41) is 8.71. The van der Waals surface area contributed by atoms with E-state index >= 15 is 0 Å². The molecule has 3 amide bonds. The Morgan fingerprint density at radius 2 is 1.78 bits per heavy atom. The summed E-state index contributed by atoms with van der Waals surface area (Å²) in [4.78, 5) is 24.1. The highest BCUT2D eigenvalue weighted by molar-refractivity contribution is 5.93. The molecule has 3 N–H and O–H groups in total. The van der Waals surface area contributed by atoms with Crippen LogP contribution in [0.15, 0.2) is 42.5 Å². The number of hydrogen-bond donors (Lipinski definition) is 3. The van der Waals surface area contributed by atoms with Gasteiger partial charge in [0.05, 0.1) is 0 Å². The van der Waals surface area contributed by atoms with Crippen LogP contribution in [0, 0.1) is 19.8 Å². The van der Waals surface area contributed by atoms with Crippen LogP contribution >= 0.6 is 0 Å². The quantitative estimate of drug-likeness (QED) is 0.723. The largest absolute Gasteiger partial charge is 0.334 e. The van der Waals surface area contributed by atoms with Crippen molar-refractivity contribution < 1.29 is 9.59 Å². The van der Waals surface area contributed by atoms with Crippen LogP contribution in [0.25, 0.3) is 0 Å². The molecule has 0 bridgehead atoms. The minimum atomic E-state index is -0.209. The minimum absolute atomic E-state index is 0.0950. The second kappa shape index (κ2) is 8.71. The maximum Gasteiger partial charge on any atom is 0.315 e. The van der Waals surface area contributed by atoms with Crippen LogP contribution in [-0.4, -0.2) is 11.9 Å². The normalized spacial score (nSPS) is 13.6. The molecule has 0 unspecified atom stereocenters. The van der Waals surface area contributed by atoms with Gasteiger partial charge in [0, 0.05) is 24.7 Å². The van der Waals surface area contributed by atoms with Gasteiger partial charge >= 0.3 is 6.03 Å². The molecular formula is C22H27N3O2. The van der Waals surface area contributed by atoms with Crippen molar-refractivity contribution in [2.75, 3.05) is 5.32 Å². The summed E-state index contributed by atoms with van der Waals surface area (Å²) in [5.41, 5.74) is 5.22. The predicted octanol–water partition coefficient (Wildman–Crippen LogP) is 4.04. The molecule has 1 aliphatic carbocycles. The molecule has 0 aliphatic heterocycles. The fraction of sp³-hybridized carbons (Fsp3) is 0.364. The van der Waals surface area contributed by atoms with Gasteiger partial charge in [-0.2, -0.15) is 0 Å². The van der Waals surface area contributed by atoms with Crippen LogP contribution in [0.1, 0.15) is 41.5 Å². The second-order valence-corrected chi connectivity index (χ2v) is 7.28. The van der Waals surface area contributed by atoms with Crippen LogP contribution in [0.5, 0.6) is 0 Å². The monoisotopic (exact) mass is 365 g/mol. The van der Waals surface area contributed by atoms with Gasteiger partial charge in [-0.1, -0.05) is 42.3 Å². The number of anilines is 1. The zero-order valence-corrected chi connectivity index (χ0v) is 16.0. The van der Waals surface area contributed by atoms with E-state index in [4.69, 9.17) is 0 Å². The summed E-state index contributed by atoms with van der Waals surface area (Å²) < 4.78 is 0. The molecule has 0 atom stereocenters. The van der Waals surface area contributed by atoms with Crippen molar-refractivity contribution >= 4 is 17.6 Å². The Kier molecular flexibility index (Phi) is 6.12. The molecule has 5 nitrogen and oxygen atoms in total. The molecule has 0 saturated heterocycles. The lowest BCUT2D eigenvalue weighted by molar-refractivity contribution is -0.122. The number of rotatable bonds is 6. The van der Waals surface area contributed by atoms with Crippen LogP contribution in [0.2, 0.25) is 0 Å². The lowest BCUT2D eigenvalue weighted by Crippen LogP contribution is -2.34. The first-order valence-corrected chi connectivity index (χ1v) is 9.49. The van der Waals surface area contributed by atoms with Crippen LogP contribution in [0.3, 0.4) is 0 Å². The lowest BCUT2D eigenvalue weighted by Gasteiger charge is -2.24. The highest BCUT2D eigenvalue weighted by Gasteiger charge is 2.25. The number of amides is 3. The molecule has 142 valence electrons. The Morgan fingerprint density at radius 3 is 2.48 bits per heavy atom. The van der Waals surface area contributed by atoms with Gasteiger partial charge in [-0.25, -0.2) is 4.79 Å². The van der Waals surface area contributed by atoms with Crippen molar-refractivity contribution in [1.82, 2.24) is 10.6 Å². The maximum absolute atomic E-state index is 12.1. The molecule has 0 radical (unpaired) electrons. The van der Waals surface area contributed by atoms with Crippen molar-refractivity contribution in [2.45, 2.75) is 46.2 Å². The van der Waals surface area contributed by atoms with E-state index in [0.717, 1.165) is 36.1 Å². The molecule has 0 aromatic heterocycles. The fourth-order valence-corrected chi connectivity index (χ4v) is 3.14. The summed E-state index contributed by atoms with van der Waals surface area (Å²) >= 11 is 0. The minimum Gasteiger partial charge on any atom is -0.334 e. The van der Waals surface area contributed by atoms with Crippen molar-refractivity contribution in [3.8, 4) is 0 Å². The topological polar surface area (TPSA) is 70.2 Å². The molecule has 0 spiro atoms. The Hall–Kier alpha value is -2.82. The van der Waals surface area contributed by atoms with E-state index in [9.17, 15) is 9.59 Å². The summed E-state index contributed by atoms with van der Waals surface area (Å²) in [6.07, 6.45) is 3.10. The van der Waals surface area contributed by atoms with Crippen molar-refractivity contribution in [2.24, 2.45) is 5.92 Å². The first-order chi connectivity index (χ1) is 13.0. The zero-order chi connectivity index (χ0) is 19.2. The summed E-state index contributed by atoms with van der Waals surface area (Å²) in [6, 6.07) is 13.6. The van der Waals surface area contributed by atoms with Gasteiger partial charge in [0.1, 0.15) is 0 Å². The molecule has 2 aromatic rings. The van der Waals surface area contributed by atoms with Gasteiger partial charge < -0.3 is 16.0 Å². The van der Waals surface area contributed by atoms with Crippen LogP contribution in [0.4, 0.5) is 10.5 Å². The van der Waals surface area contributed by atoms with Gasteiger partial charge in [0.15, 0.2) is 0 Å². The number of carbonyl (C=O) groups is 2. The van der Waals surface area contributed by atoms with Crippen molar-refractivity contribution in [1.29, 1.82) is 0 Å². The van der Waals surface area contributed by atoms with Crippen LogP contribution in [-0.2, 0) is 17.9 Å². The van der Waals surface area contributed by atoms with Gasteiger partial charge in [-0.05, 0) is 55.5 Å². The van der Waals surface area contributed by atoms with Crippen molar-refractivity contribution in [3.05, 3.63) is 64.7 Å². The number of carbonyl (C=O) groups excluding carboxylic acids is 2.